The van der Waals surface area contributed by atoms with Gasteiger partial charge in [0.2, 0.25) is 0 Å². The van der Waals surface area contributed by atoms with Crippen LogP contribution in [0.25, 0.3) is 0 Å². The van der Waals surface area contributed by atoms with Crippen molar-refractivity contribution in [3.63, 3.8) is 0 Å². The van der Waals surface area contributed by atoms with Crippen LogP contribution in [0.5, 0.6) is 0 Å². The molecule has 0 aromatic carbocycles. The number of hydrogen-bond acceptors (Lipinski definition) is 4. The van der Waals surface area contributed by atoms with E-state index in [0.29, 0.717) is 41.6 Å². The molecule has 23 heavy (non-hydrogen) atoms. The molecule has 0 radical (unpaired) electrons. The first kappa shape index (κ1) is 15.2. The van der Waals surface area contributed by atoms with Gasteiger partial charge in [0.05, 0.1) is 11.8 Å². The van der Waals surface area contributed by atoms with Crippen LogP contribution in [0.4, 0.5) is 0 Å². The normalized spacial score (nSPS) is 33.5. The Morgan fingerprint density at radius 2 is 2.09 bits per heavy atom. The van der Waals surface area contributed by atoms with Crippen LogP contribution in [0.2, 0.25) is 0 Å². The highest BCUT2D eigenvalue weighted by Gasteiger charge is 2.57. The van der Waals surface area contributed by atoms with Crippen molar-refractivity contribution in [1.29, 1.82) is 0 Å². The lowest BCUT2D eigenvalue weighted by Crippen LogP contribution is -2.63. The molecule has 1 N–H and O–H groups in total. The van der Waals surface area contributed by atoms with Gasteiger partial charge in [-0.2, -0.15) is 0 Å². The van der Waals surface area contributed by atoms with Crippen molar-refractivity contribution < 1.29 is 14.1 Å². The van der Waals surface area contributed by atoms with Crippen molar-refractivity contribution in [1.82, 2.24) is 10.5 Å². The van der Waals surface area contributed by atoms with Crippen LogP contribution >= 0.6 is 0 Å². The van der Waals surface area contributed by atoms with Gasteiger partial charge in [-0.15, -0.1) is 0 Å². The Morgan fingerprint density at radius 3 is 2.83 bits per heavy atom. The maximum Gasteiger partial charge on any atom is 0.257 e. The largest absolute Gasteiger partial charge is 0.377 e. The number of aryl methyl sites for hydroxylation is 2. The molecule has 0 unspecified atom stereocenters. The van der Waals surface area contributed by atoms with Gasteiger partial charge < -0.3 is 14.6 Å². The zero-order valence-corrected chi connectivity index (χ0v) is 14.0. The van der Waals surface area contributed by atoms with Crippen molar-refractivity contribution in [2.75, 3.05) is 6.61 Å². The lowest BCUT2D eigenvalue weighted by molar-refractivity contribution is -0.0784. The van der Waals surface area contributed by atoms with Gasteiger partial charge in [0.15, 0.2) is 0 Å². The first-order valence-corrected chi connectivity index (χ1v) is 9.08. The van der Waals surface area contributed by atoms with Crippen LogP contribution in [-0.4, -0.2) is 29.8 Å². The maximum atomic E-state index is 12.8. The average molecular weight is 318 g/mol. The molecule has 2 heterocycles. The Hall–Kier alpha value is -1.36. The monoisotopic (exact) mass is 318 g/mol. The summed E-state index contributed by atoms with van der Waals surface area (Å²) in [5.41, 5.74) is 1.40. The van der Waals surface area contributed by atoms with E-state index in [4.69, 9.17) is 9.26 Å². The third-order valence-corrected chi connectivity index (χ3v) is 6.18. The Kier molecular flexibility index (Phi) is 3.92. The SMILES string of the molecule is CCc1noc(C)c1C(=O)N[C@H]1[C@@H]2CCO[C@@H]2[C@@H]1C1CCCC1. The van der Waals surface area contributed by atoms with Crippen molar-refractivity contribution in [2.24, 2.45) is 17.8 Å². The minimum Gasteiger partial charge on any atom is -0.377 e. The topological polar surface area (TPSA) is 64.4 Å². The lowest BCUT2D eigenvalue weighted by atomic mass is 9.61. The summed E-state index contributed by atoms with van der Waals surface area (Å²) in [6, 6.07) is 0.261. The number of rotatable bonds is 4. The first-order chi connectivity index (χ1) is 11.2. The number of aromatic nitrogens is 1. The molecule has 0 bridgehead atoms. The number of carbonyl (C=O) groups is 1. The molecule has 4 atom stereocenters. The van der Waals surface area contributed by atoms with Gasteiger partial charge in [-0.1, -0.05) is 37.8 Å². The second kappa shape index (κ2) is 5.93. The number of nitrogens with zero attached hydrogens (tertiary/aromatic N) is 1. The molecule has 5 nitrogen and oxygen atoms in total. The van der Waals surface area contributed by atoms with Gasteiger partial charge in [0.25, 0.3) is 5.91 Å². The Labute approximate surface area is 137 Å². The maximum absolute atomic E-state index is 12.8. The molecule has 2 aliphatic carbocycles. The number of carbonyl (C=O) groups excluding carboxylic acids is 1. The van der Waals surface area contributed by atoms with E-state index in [0.717, 1.165) is 18.7 Å². The number of ether oxygens (including phenoxy) is 1. The molecule has 0 spiro atoms. The average Bonchev–Trinajstić information content (AvgIpc) is 3.25. The Morgan fingerprint density at radius 1 is 1.30 bits per heavy atom. The zero-order valence-electron chi connectivity index (χ0n) is 14.0. The van der Waals surface area contributed by atoms with Crippen LogP contribution in [0.15, 0.2) is 4.52 Å². The van der Waals surface area contributed by atoms with Crippen molar-refractivity contribution in [2.45, 2.75) is 64.5 Å². The minimum absolute atomic E-state index is 0.0149. The summed E-state index contributed by atoms with van der Waals surface area (Å²) in [6.07, 6.45) is 7.38. The van der Waals surface area contributed by atoms with E-state index >= 15 is 0 Å². The van der Waals surface area contributed by atoms with Crippen LogP contribution in [0, 0.1) is 24.7 Å². The first-order valence-electron chi connectivity index (χ1n) is 9.08. The van der Waals surface area contributed by atoms with Gasteiger partial charge in [-0.05, 0) is 25.7 Å². The van der Waals surface area contributed by atoms with Crippen molar-refractivity contribution >= 4 is 5.91 Å². The summed E-state index contributed by atoms with van der Waals surface area (Å²) in [5.74, 6) is 2.32. The molecule has 126 valence electrons. The summed E-state index contributed by atoms with van der Waals surface area (Å²) in [5, 5.41) is 7.32. The molecular formula is C18H26N2O3. The van der Waals surface area contributed by atoms with Gasteiger partial charge >= 0.3 is 0 Å². The van der Waals surface area contributed by atoms with Gasteiger partial charge in [0.1, 0.15) is 11.3 Å². The Balaban J connectivity index is 1.52. The summed E-state index contributed by atoms with van der Waals surface area (Å²) >= 11 is 0. The summed E-state index contributed by atoms with van der Waals surface area (Å²) in [7, 11) is 0. The fraction of sp³-hybridized carbons (Fsp3) is 0.778. The standard InChI is InChI=1S/C18H26N2O3/c1-3-13-14(10(2)23-20-13)18(21)19-16-12-8-9-22-17(12)15(16)11-6-4-5-7-11/h11-12,15-17H,3-9H2,1-2H3,(H,19,21)/t12-,15+,16-,17-/m0/s1. The molecule has 3 fully saturated rings. The molecule has 1 aliphatic heterocycles. The van der Waals surface area contributed by atoms with E-state index < -0.39 is 0 Å². The number of amides is 1. The molecule has 5 heteroatoms. The smallest absolute Gasteiger partial charge is 0.257 e. The fourth-order valence-electron chi connectivity index (χ4n) is 5.03. The third kappa shape index (κ3) is 2.40. The predicted molar refractivity (Wildman–Crippen MR) is 85.2 cm³/mol. The number of fused-ring (bicyclic) bond motifs is 1. The minimum atomic E-state index is -0.0149. The van der Waals surface area contributed by atoms with Crippen LogP contribution in [0.1, 0.15) is 60.8 Å². The van der Waals surface area contributed by atoms with E-state index in [-0.39, 0.29) is 11.9 Å². The lowest BCUT2D eigenvalue weighted by Gasteiger charge is -2.50. The van der Waals surface area contributed by atoms with Gasteiger partial charge in [-0.3, -0.25) is 4.79 Å². The third-order valence-electron chi connectivity index (χ3n) is 6.18. The summed E-state index contributed by atoms with van der Waals surface area (Å²) in [6.45, 7) is 4.66. The van der Waals surface area contributed by atoms with Crippen LogP contribution < -0.4 is 5.32 Å². The van der Waals surface area contributed by atoms with Crippen LogP contribution in [0.3, 0.4) is 0 Å². The molecule has 3 aliphatic rings. The van der Waals surface area contributed by atoms with E-state index in [1.54, 1.807) is 0 Å². The number of hydrogen-bond donors (Lipinski definition) is 1. The molecule has 1 aromatic rings. The summed E-state index contributed by atoms with van der Waals surface area (Å²) < 4.78 is 11.2. The second-order valence-corrected chi connectivity index (χ2v) is 7.32. The van der Waals surface area contributed by atoms with Gasteiger partial charge in [-0.25, -0.2) is 0 Å². The molecule has 1 amide bonds. The number of nitrogens with one attached hydrogen (secondary N) is 1. The van der Waals surface area contributed by atoms with E-state index in [2.05, 4.69) is 10.5 Å². The van der Waals surface area contributed by atoms with E-state index in [1.807, 2.05) is 13.8 Å². The Bertz CT molecular complexity index is 586. The summed E-state index contributed by atoms with van der Waals surface area (Å²) in [4.78, 5) is 12.8. The molecular weight excluding hydrogens is 292 g/mol. The quantitative estimate of drug-likeness (QED) is 0.927. The molecule has 4 rings (SSSR count). The molecule has 1 aromatic heterocycles. The molecule has 2 saturated carbocycles. The zero-order chi connectivity index (χ0) is 16.0. The highest BCUT2D eigenvalue weighted by molar-refractivity contribution is 5.96. The predicted octanol–water partition coefficient (Wildman–Crippen LogP) is 2.87. The van der Waals surface area contributed by atoms with E-state index in [9.17, 15) is 4.79 Å². The van der Waals surface area contributed by atoms with E-state index in [1.165, 1.54) is 25.7 Å². The molecule has 1 saturated heterocycles. The fourth-order valence-corrected chi connectivity index (χ4v) is 5.03. The van der Waals surface area contributed by atoms with Crippen LogP contribution in [-0.2, 0) is 11.2 Å². The highest BCUT2D eigenvalue weighted by Crippen LogP contribution is 2.51. The highest BCUT2D eigenvalue weighted by atomic mass is 16.5. The van der Waals surface area contributed by atoms with Crippen molar-refractivity contribution in [3.8, 4) is 0 Å². The second-order valence-electron chi connectivity index (χ2n) is 7.32. The van der Waals surface area contributed by atoms with Crippen molar-refractivity contribution in [3.05, 3.63) is 17.0 Å². The van der Waals surface area contributed by atoms with Gasteiger partial charge in [0, 0.05) is 24.5 Å².